The maximum Gasteiger partial charge on any atom is 0.326 e. The van der Waals surface area contributed by atoms with Crippen molar-refractivity contribution in [1.29, 1.82) is 0 Å². The summed E-state index contributed by atoms with van der Waals surface area (Å²) in [7, 11) is 0. The normalized spacial score (nSPS) is 14.5. The van der Waals surface area contributed by atoms with Crippen molar-refractivity contribution in [2.75, 3.05) is 6.61 Å². The number of hydrogen-bond acceptors (Lipinski definition) is 8. The summed E-state index contributed by atoms with van der Waals surface area (Å²) in [6.45, 7) is 2.76. The van der Waals surface area contributed by atoms with E-state index in [1.165, 1.54) is 0 Å². The van der Waals surface area contributed by atoms with Gasteiger partial charge in [-0.3, -0.25) is 24.0 Å². The molecule has 0 heterocycles. The molecule has 0 rings (SSSR count). The molecule has 182 valence electrons. The molecule has 11 N–H and O–H groups in total. The number of carboxylic acid groups (broad SMARTS) is 1. The highest BCUT2D eigenvalue weighted by molar-refractivity contribution is 5.95. The summed E-state index contributed by atoms with van der Waals surface area (Å²) in [6, 6.07) is -5.53. The summed E-state index contributed by atoms with van der Waals surface area (Å²) in [5.74, 6) is -5.89. The minimum atomic E-state index is -1.68. The molecule has 0 radical (unpaired) electrons. The molecule has 0 aliphatic carbocycles. The smallest absolute Gasteiger partial charge is 0.326 e. The van der Waals surface area contributed by atoms with E-state index in [-0.39, 0.29) is 18.8 Å². The second-order valence-corrected chi connectivity index (χ2v) is 7.62. The van der Waals surface area contributed by atoms with Gasteiger partial charge in [0.1, 0.15) is 18.1 Å². The number of carbonyl (C=O) groups excluding carboxylic acids is 5. The van der Waals surface area contributed by atoms with Gasteiger partial charge in [0.2, 0.25) is 29.5 Å². The minimum absolute atomic E-state index is 0.0960. The Bertz CT molecular complexity index is 714. The van der Waals surface area contributed by atoms with Gasteiger partial charge in [-0.1, -0.05) is 13.8 Å². The van der Waals surface area contributed by atoms with Crippen LogP contribution in [0.15, 0.2) is 0 Å². The van der Waals surface area contributed by atoms with E-state index in [1.54, 1.807) is 0 Å². The number of nitrogens with one attached hydrogen (secondary N) is 3. The van der Waals surface area contributed by atoms with Gasteiger partial charge in [0, 0.05) is 6.42 Å². The van der Waals surface area contributed by atoms with Crippen LogP contribution in [-0.4, -0.2) is 76.5 Å². The van der Waals surface area contributed by atoms with Gasteiger partial charge < -0.3 is 43.4 Å². The summed E-state index contributed by atoms with van der Waals surface area (Å²) in [4.78, 5) is 70.4. The maximum absolute atomic E-state index is 12.6. The molecular formula is C18H32N6O8. The SMILES string of the molecule is CC(C)CC(N)C(=O)NC(CCC(N)=O)C(=O)NC(CO)C(=O)NC(CC(N)=O)C(=O)O. The molecule has 0 aromatic heterocycles. The highest BCUT2D eigenvalue weighted by atomic mass is 16.4. The summed E-state index contributed by atoms with van der Waals surface area (Å²) < 4.78 is 0. The molecule has 5 amide bonds. The number of aliphatic hydroxyl groups is 1. The predicted molar refractivity (Wildman–Crippen MR) is 110 cm³/mol. The first kappa shape index (κ1) is 28.7. The zero-order valence-electron chi connectivity index (χ0n) is 18.0. The van der Waals surface area contributed by atoms with Crippen molar-refractivity contribution in [2.24, 2.45) is 23.1 Å². The van der Waals surface area contributed by atoms with E-state index in [9.17, 15) is 33.9 Å². The van der Waals surface area contributed by atoms with Crippen LogP contribution in [0.3, 0.4) is 0 Å². The first-order valence-corrected chi connectivity index (χ1v) is 9.85. The van der Waals surface area contributed by atoms with Crippen LogP contribution in [0.4, 0.5) is 0 Å². The molecule has 0 aromatic rings. The Morgan fingerprint density at radius 2 is 1.31 bits per heavy atom. The lowest BCUT2D eigenvalue weighted by Gasteiger charge is -2.24. The predicted octanol–water partition coefficient (Wildman–Crippen LogP) is -3.97. The Labute approximate surface area is 184 Å². The second kappa shape index (κ2) is 13.9. The molecule has 0 saturated carbocycles. The number of rotatable bonds is 15. The van der Waals surface area contributed by atoms with E-state index < -0.39 is 72.7 Å². The third-order valence-electron chi connectivity index (χ3n) is 4.21. The standard InChI is InChI=1S/C18H32N6O8/c1-8(2)5-9(19)15(28)22-10(3-4-13(20)26)16(29)24-12(7-25)17(30)23-11(18(31)32)6-14(21)27/h8-12,25H,3-7,19H2,1-2H3,(H2,20,26)(H2,21,27)(H,22,28)(H,23,30)(H,24,29)(H,31,32). The maximum atomic E-state index is 12.6. The molecule has 0 saturated heterocycles. The molecule has 0 aromatic carbocycles. The summed E-state index contributed by atoms with van der Waals surface area (Å²) in [6.07, 6.45) is -0.861. The Kier molecular flexibility index (Phi) is 12.5. The van der Waals surface area contributed by atoms with Crippen LogP contribution >= 0.6 is 0 Å². The molecule has 0 bridgehead atoms. The third kappa shape index (κ3) is 11.2. The van der Waals surface area contributed by atoms with E-state index in [4.69, 9.17) is 22.3 Å². The average molecular weight is 460 g/mol. The molecule has 32 heavy (non-hydrogen) atoms. The summed E-state index contributed by atoms with van der Waals surface area (Å²) in [5, 5.41) is 25.0. The van der Waals surface area contributed by atoms with Gasteiger partial charge in [0.05, 0.1) is 19.1 Å². The fourth-order valence-corrected chi connectivity index (χ4v) is 2.59. The number of aliphatic carboxylic acids is 1. The van der Waals surface area contributed by atoms with Crippen LogP contribution in [0.25, 0.3) is 0 Å². The molecule has 4 atom stereocenters. The van der Waals surface area contributed by atoms with E-state index in [2.05, 4.69) is 10.6 Å². The summed E-state index contributed by atoms with van der Waals surface area (Å²) in [5.41, 5.74) is 15.8. The Hall–Kier alpha value is -3.26. The molecule has 4 unspecified atom stereocenters. The highest BCUT2D eigenvalue weighted by Gasteiger charge is 2.30. The third-order valence-corrected chi connectivity index (χ3v) is 4.21. The highest BCUT2D eigenvalue weighted by Crippen LogP contribution is 2.05. The van der Waals surface area contributed by atoms with Crippen LogP contribution in [-0.2, 0) is 28.8 Å². The van der Waals surface area contributed by atoms with Crippen LogP contribution in [0.5, 0.6) is 0 Å². The topological polar surface area (TPSA) is 257 Å². The first-order valence-electron chi connectivity index (χ1n) is 9.85. The van der Waals surface area contributed by atoms with Gasteiger partial charge >= 0.3 is 5.97 Å². The molecule has 14 nitrogen and oxygen atoms in total. The number of nitrogens with two attached hydrogens (primary N) is 3. The Morgan fingerprint density at radius 1 is 0.812 bits per heavy atom. The van der Waals surface area contributed by atoms with Gasteiger partial charge in [0.15, 0.2) is 0 Å². The van der Waals surface area contributed by atoms with Gasteiger partial charge in [-0.15, -0.1) is 0 Å². The quantitative estimate of drug-likeness (QED) is 0.118. The second-order valence-electron chi connectivity index (χ2n) is 7.62. The van der Waals surface area contributed by atoms with E-state index in [0.717, 1.165) is 0 Å². The first-order chi connectivity index (χ1) is 14.8. The number of hydrogen-bond donors (Lipinski definition) is 8. The monoisotopic (exact) mass is 460 g/mol. The van der Waals surface area contributed by atoms with Gasteiger partial charge in [0.25, 0.3) is 0 Å². The van der Waals surface area contributed by atoms with Crippen LogP contribution in [0, 0.1) is 5.92 Å². The van der Waals surface area contributed by atoms with Crippen molar-refractivity contribution in [3.63, 3.8) is 0 Å². The van der Waals surface area contributed by atoms with Crippen molar-refractivity contribution < 1.29 is 39.0 Å². The Balaban J connectivity index is 5.32. The summed E-state index contributed by atoms with van der Waals surface area (Å²) >= 11 is 0. The van der Waals surface area contributed by atoms with Gasteiger partial charge in [-0.25, -0.2) is 4.79 Å². The lowest BCUT2D eigenvalue weighted by molar-refractivity contribution is -0.144. The zero-order chi connectivity index (χ0) is 25.0. The molecule has 0 aliphatic rings. The van der Waals surface area contributed by atoms with Gasteiger partial charge in [-0.05, 0) is 18.8 Å². The lowest BCUT2D eigenvalue weighted by atomic mass is 10.0. The number of primary amides is 2. The van der Waals surface area contributed by atoms with Crippen molar-refractivity contribution in [1.82, 2.24) is 16.0 Å². The van der Waals surface area contributed by atoms with Crippen molar-refractivity contribution >= 4 is 35.5 Å². The van der Waals surface area contributed by atoms with Crippen molar-refractivity contribution in [2.45, 2.75) is 63.7 Å². The zero-order valence-corrected chi connectivity index (χ0v) is 18.0. The fraction of sp³-hybridized carbons (Fsp3) is 0.667. The molecule has 0 aliphatic heterocycles. The number of carboxylic acids is 1. The average Bonchev–Trinajstić information content (AvgIpc) is 2.66. The van der Waals surface area contributed by atoms with Crippen molar-refractivity contribution in [3.05, 3.63) is 0 Å². The number of aliphatic hydroxyl groups excluding tert-OH is 1. The molecule has 0 fully saturated rings. The molecule has 14 heteroatoms. The molecular weight excluding hydrogens is 428 g/mol. The van der Waals surface area contributed by atoms with Crippen LogP contribution in [0.1, 0.15) is 39.5 Å². The van der Waals surface area contributed by atoms with E-state index in [0.29, 0.717) is 6.42 Å². The van der Waals surface area contributed by atoms with E-state index >= 15 is 0 Å². The largest absolute Gasteiger partial charge is 0.480 e. The fourth-order valence-electron chi connectivity index (χ4n) is 2.59. The van der Waals surface area contributed by atoms with Crippen molar-refractivity contribution in [3.8, 4) is 0 Å². The van der Waals surface area contributed by atoms with Gasteiger partial charge in [-0.2, -0.15) is 0 Å². The van der Waals surface area contributed by atoms with Crippen LogP contribution < -0.4 is 33.2 Å². The van der Waals surface area contributed by atoms with E-state index in [1.807, 2.05) is 19.2 Å². The van der Waals surface area contributed by atoms with Crippen LogP contribution in [0.2, 0.25) is 0 Å². The minimum Gasteiger partial charge on any atom is -0.480 e. The Morgan fingerprint density at radius 3 is 1.75 bits per heavy atom. The number of amides is 5. The lowest BCUT2D eigenvalue weighted by Crippen LogP contribution is -2.58. The number of carbonyl (C=O) groups is 6. The molecule has 0 spiro atoms.